The molecule has 0 saturated heterocycles. The zero-order valence-corrected chi connectivity index (χ0v) is 9.08. The topological polar surface area (TPSA) is 116 Å². The van der Waals surface area contributed by atoms with Crippen LogP contribution in [0, 0.1) is 0 Å². The maximum atomic E-state index is 11.1. The van der Waals surface area contributed by atoms with E-state index in [-0.39, 0.29) is 11.3 Å². The molecule has 0 fully saturated rings. The maximum absolute atomic E-state index is 11.1. The van der Waals surface area contributed by atoms with Crippen molar-refractivity contribution in [1.29, 1.82) is 0 Å². The lowest BCUT2D eigenvalue weighted by atomic mass is 10.2. The second-order valence-corrected chi connectivity index (χ2v) is 3.14. The molecule has 0 bridgehead atoms. The van der Waals surface area contributed by atoms with Gasteiger partial charge in [0, 0.05) is 12.2 Å². The van der Waals surface area contributed by atoms with E-state index in [2.05, 4.69) is 10.9 Å². The fraction of sp³-hybridized carbons (Fsp3) is 0. The van der Waals surface area contributed by atoms with Crippen LogP contribution in [0.4, 0.5) is 5.69 Å². The van der Waals surface area contributed by atoms with Crippen LogP contribution in [0.5, 0.6) is 0 Å². The van der Waals surface area contributed by atoms with Gasteiger partial charge in [-0.25, -0.2) is 9.59 Å². The lowest BCUT2D eigenvalue weighted by Crippen LogP contribution is -2.28. The minimum absolute atomic E-state index is 0.0139. The number of hydrazine groups is 1. The first-order chi connectivity index (χ1) is 8.50. The Balaban J connectivity index is 2.67. The largest absolute Gasteiger partial charge is 0.478 e. The van der Waals surface area contributed by atoms with Crippen molar-refractivity contribution in [2.45, 2.75) is 0 Å². The van der Waals surface area contributed by atoms with E-state index in [1.54, 1.807) is 12.1 Å². The van der Waals surface area contributed by atoms with Crippen molar-refractivity contribution >= 4 is 23.5 Å². The minimum Gasteiger partial charge on any atom is -0.478 e. The Labute approximate surface area is 102 Å². The van der Waals surface area contributed by atoms with E-state index in [9.17, 15) is 14.4 Å². The molecule has 0 saturated carbocycles. The van der Waals surface area contributed by atoms with E-state index in [4.69, 9.17) is 10.2 Å². The molecule has 0 aromatic heterocycles. The molecule has 0 unspecified atom stereocenters. The summed E-state index contributed by atoms with van der Waals surface area (Å²) in [5.74, 6) is -3.11. The van der Waals surface area contributed by atoms with Crippen molar-refractivity contribution in [1.82, 2.24) is 5.43 Å². The molecule has 1 aromatic rings. The van der Waals surface area contributed by atoms with Gasteiger partial charge in [0.2, 0.25) is 0 Å². The van der Waals surface area contributed by atoms with Crippen molar-refractivity contribution in [3.63, 3.8) is 0 Å². The smallest absolute Gasteiger partial charge is 0.337 e. The molecular formula is C11H10N2O5. The van der Waals surface area contributed by atoms with Crippen molar-refractivity contribution in [2.24, 2.45) is 0 Å². The molecule has 1 rings (SSSR count). The van der Waals surface area contributed by atoms with E-state index >= 15 is 0 Å². The fourth-order valence-electron chi connectivity index (χ4n) is 1.10. The van der Waals surface area contributed by atoms with Crippen LogP contribution < -0.4 is 10.9 Å². The summed E-state index contributed by atoms with van der Waals surface area (Å²) in [5, 5.41) is 17.2. The summed E-state index contributed by atoms with van der Waals surface area (Å²) in [5.41, 5.74) is 4.72. The van der Waals surface area contributed by atoms with Crippen molar-refractivity contribution in [3.8, 4) is 0 Å². The van der Waals surface area contributed by atoms with Gasteiger partial charge in [-0.15, -0.1) is 0 Å². The van der Waals surface area contributed by atoms with Crippen LogP contribution in [-0.2, 0) is 9.59 Å². The summed E-state index contributed by atoms with van der Waals surface area (Å²) in [7, 11) is 0. The quantitative estimate of drug-likeness (QED) is 0.446. The van der Waals surface area contributed by atoms with Gasteiger partial charge in [0.1, 0.15) is 0 Å². The molecule has 4 N–H and O–H groups in total. The monoisotopic (exact) mass is 250 g/mol. The number of carbonyl (C=O) groups excluding carboxylic acids is 1. The van der Waals surface area contributed by atoms with Crippen LogP contribution in [0.2, 0.25) is 0 Å². The standard InChI is InChI=1S/C11H10N2O5/c14-9(5-6-10(15)16)13-12-8-4-2-1-3-7(8)11(17)18/h1-6,12H,(H,13,14)(H,15,16)(H,17,18)/b6-5+. The van der Waals surface area contributed by atoms with E-state index in [0.717, 1.165) is 6.08 Å². The van der Waals surface area contributed by atoms with Crippen molar-refractivity contribution < 1.29 is 24.6 Å². The highest BCUT2D eigenvalue weighted by Gasteiger charge is 2.08. The lowest BCUT2D eigenvalue weighted by molar-refractivity contribution is -0.131. The number of aromatic carboxylic acids is 1. The Morgan fingerprint density at radius 2 is 1.72 bits per heavy atom. The number of para-hydroxylation sites is 1. The molecule has 0 heterocycles. The van der Waals surface area contributed by atoms with Crippen LogP contribution in [0.1, 0.15) is 10.4 Å². The molecule has 7 heteroatoms. The zero-order chi connectivity index (χ0) is 13.5. The Bertz CT molecular complexity index is 510. The van der Waals surface area contributed by atoms with E-state index in [0.29, 0.717) is 6.08 Å². The van der Waals surface area contributed by atoms with Gasteiger partial charge in [-0.2, -0.15) is 0 Å². The van der Waals surface area contributed by atoms with E-state index < -0.39 is 17.8 Å². The first kappa shape index (κ1) is 13.2. The summed E-state index contributed by atoms with van der Waals surface area (Å²) in [6.45, 7) is 0. The van der Waals surface area contributed by atoms with E-state index in [1.807, 2.05) is 0 Å². The van der Waals surface area contributed by atoms with Crippen LogP contribution in [0.3, 0.4) is 0 Å². The summed E-state index contributed by atoms with van der Waals surface area (Å²) < 4.78 is 0. The number of carboxylic acid groups (broad SMARTS) is 2. The third-order valence-corrected chi connectivity index (χ3v) is 1.86. The average molecular weight is 250 g/mol. The normalized spacial score (nSPS) is 10.0. The SMILES string of the molecule is O=C(O)/C=C/C(=O)NNc1ccccc1C(=O)O. The highest BCUT2D eigenvalue weighted by Crippen LogP contribution is 2.13. The number of benzene rings is 1. The Morgan fingerprint density at radius 1 is 1.06 bits per heavy atom. The number of amides is 1. The first-order valence-electron chi connectivity index (χ1n) is 4.80. The van der Waals surface area contributed by atoms with Crippen LogP contribution in [0.15, 0.2) is 36.4 Å². The molecule has 7 nitrogen and oxygen atoms in total. The van der Waals surface area contributed by atoms with Gasteiger partial charge in [0.25, 0.3) is 5.91 Å². The molecule has 1 amide bonds. The summed E-state index contributed by atoms with van der Waals surface area (Å²) in [6.07, 6.45) is 1.47. The van der Waals surface area contributed by atoms with Gasteiger partial charge in [0.05, 0.1) is 11.3 Å². The van der Waals surface area contributed by atoms with Crippen molar-refractivity contribution in [3.05, 3.63) is 42.0 Å². The molecule has 0 spiro atoms. The van der Waals surface area contributed by atoms with Crippen molar-refractivity contribution in [2.75, 3.05) is 5.43 Å². The van der Waals surface area contributed by atoms with Gasteiger partial charge in [-0.1, -0.05) is 12.1 Å². The average Bonchev–Trinajstić information content (AvgIpc) is 2.34. The molecule has 0 aliphatic heterocycles. The van der Waals surface area contributed by atoms with Gasteiger partial charge in [-0.05, 0) is 12.1 Å². The second-order valence-electron chi connectivity index (χ2n) is 3.14. The number of aliphatic carboxylic acids is 1. The molecule has 0 atom stereocenters. The summed E-state index contributed by atoms with van der Waals surface area (Å²) in [4.78, 5) is 32.1. The van der Waals surface area contributed by atoms with Crippen LogP contribution >= 0.6 is 0 Å². The Hall–Kier alpha value is -2.83. The molecule has 18 heavy (non-hydrogen) atoms. The minimum atomic E-state index is -1.25. The highest BCUT2D eigenvalue weighted by molar-refractivity contribution is 5.96. The molecule has 1 aromatic carbocycles. The molecule has 94 valence electrons. The highest BCUT2D eigenvalue weighted by atomic mass is 16.4. The summed E-state index contributed by atoms with van der Waals surface area (Å²) >= 11 is 0. The number of nitrogens with one attached hydrogen (secondary N) is 2. The van der Waals surface area contributed by atoms with Gasteiger partial charge in [0.15, 0.2) is 0 Å². The number of hydrogen-bond acceptors (Lipinski definition) is 4. The number of carbonyl (C=O) groups is 3. The van der Waals surface area contributed by atoms with Crippen LogP contribution in [0.25, 0.3) is 0 Å². The zero-order valence-electron chi connectivity index (χ0n) is 9.08. The number of hydrogen-bond donors (Lipinski definition) is 4. The molecule has 0 radical (unpaired) electrons. The maximum Gasteiger partial charge on any atom is 0.337 e. The Morgan fingerprint density at radius 3 is 2.33 bits per heavy atom. The van der Waals surface area contributed by atoms with Gasteiger partial charge < -0.3 is 10.2 Å². The predicted molar refractivity (Wildman–Crippen MR) is 61.9 cm³/mol. The number of rotatable bonds is 5. The van der Waals surface area contributed by atoms with Gasteiger partial charge >= 0.3 is 11.9 Å². The predicted octanol–water partition coefficient (Wildman–Crippen LogP) is 0.469. The molecule has 0 aliphatic rings. The van der Waals surface area contributed by atoms with E-state index in [1.165, 1.54) is 12.1 Å². The number of anilines is 1. The number of carboxylic acids is 2. The second kappa shape index (κ2) is 6.04. The van der Waals surface area contributed by atoms with Gasteiger partial charge in [-0.3, -0.25) is 15.6 Å². The Kier molecular flexibility index (Phi) is 4.44. The fourth-order valence-corrected chi connectivity index (χ4v) is 1.10. The summed E-state index contributed by atoms with van der Waals surface area (Å²) in [6, 6.07) is 5.96. The third kappa shape index (κ3) is 3.97. The molecule has 0 aliphatic carbocycles. The third-order valence-electron chi connectivity index (χ3n) is 1.86. The first-order valence-corrected chi connectivity index (χ1v) is 4.80. The van der Waals surface area contributed by atoms with Crippen LogP contribution in [-0.4, -0.2) is 28.1 Å². The molecular weight excluding hydrogens is 240 g/mol. The lowest BCUT2D eigenvalue weighted by Gasteiger charge is -2.08.